The minimum absolute atomic E-state index is 0.0998. The van der Waals surface area contributed by atoms with Crippen LogP contribution in [0.2, 0.25) is 5.02 Å². The van der Waals surface area contributed by atoms with Crippen molar-refractivity contribution in [3.63, 3.8) is 0 Å². The van der Waals surface area contributed by atoms with E-state index in [4.69, 9.17) is 22.1 Å². The van der Waals surface area contributed by atoms with Crippen molar-refractivity contribution >= 4 is 17.5 Å². The highest BCUT2D eigenvalue weighted by Gasteiger charge is 2.40. The van der Waals surface area contributed by atoms with E-state index >= 15 is 0 Å². The van der Waals surface area contributed by atoms with E-state index in [2.05, 4.69) is 5.32 Å². The average Bonchev–Trinajstić information content (AvgIpc) is 2.56. The fourth-order valence-electron chi connectivity index (χ4n) is 4.36. The number of carbonyl (C=O) groups excluding carboxylic acids is 1. The van der Waals surface area contributed by atoms with Gasteiger partial charge in [-0.1, -0.05) is 30.2 Å². The lowest BCUT2D eigenvalue weighted by Gasteiger charge is -2.43. The third-order valence-electron chi connectivity index (χ3n) is 5.77. The molecule has 1 amide bonds. The molecule has 2 aliphatic rings. The Kier molecular flexibility index (Phi) is 5.80. The third-order valence-corrected chi connectivity index (χ3v) is 6.02. The molecule has 2 fully saturated rings. The van der Waals surface area contributed by atoms with Crippen LogP contribution in [0.15, 0.2) is 24.3 Å². The monoisotopic (exact) mass is 350 g/mol. The topological polar surface area (TPSA) is 64.3 Å². The summed E-state index contributed by atoms with van der Waals surface area (Å²) in [6.07, 6.45) is 5.32. The van der Waals surface area contributed by atoms with Crippen LogP contribution in [0.1, 0.15) is 43.8 Å². The summed E-state index contributed by atoms with van der Waals surface area (Å²) >= 11 is 5.93. The van der Waals surface area contributed by atoms with Crippen LogP contribution in [0.3, 0.4) is 0 Å². The Morgan fingerprint density at radius 2 is 1.92 bits per heavy atom. The number of fused-ring (bicyclic) bond motifs is 2. The van der Waals surface area contributed by atoms with E-state index in [0.29, 0.717) is 29.4 Å². The second kappa shape index (κ2) is 7.85. The number of benzene rings is 1. The number of halogens is 1. The summed E-state index contributed by atoms with van der Waals surface area (Å²) in [7, 11) is 1.66. The number of methoxy groups -OCH3 is 1. The number of nitrogens with two attached hydrogens (primary N) is 1. The summed E-state index contributed by atoms with van der Waals surface area (Å²) in [5.74, 6) is 1.28. The third kappa shape index (κ3) is 3.93. The first kappa shape index (κ1) is 17.7. The number of hydrogen-bond acceptors (Lipinski definition) is 3. The Morgan fingerprint density at radius 3 is 2.50 bits per heavy atom. The fourth-order valence-corrected chi connectivity index (χ4v) is 4.48. The van der Waals surface area contributed by atoms with Crippen molar-refractivity contribution in [1.29, 1.82) is 0 Å². The van der Waals surface area contributed by atoms with Crippen molar-refractivity contribution in [3.8, 4) is 0 Å². The van der Waals surface area contributed by atoms with Gasteiger partial charge in [0.1, 0.15) is 0 Å². The molecule has 0 aromatic heterocycles. The quantitative estimate of drug-likeness (QED) is 0.856. The van der Waals surface area contributed by atoms with Crippen LogP contribution >= 0.6 is 11.6 Å². The van der Waals surface area contributed by atoms with E-state index in [9.17, 15) is 4.79 Å². The smallest absolute Gasteiger partial charge is 0.223 e. The van der Waals surface area contributed by atoms with Gasteiger partial charge in [0.05, 0.1) is 6.10 Å². The van der Waals surface area contributed by atoms with Crippen molar-refractivity contribution in [3.05, 3.63) is 34.9 Å². The van der Waals surface area contributed by atoms with Gasteiger partial charge in [-0.25, -0.2) is 0 Å². The zero-order chi connectivity index (χ0) is 17.1. The molecule has 0 spiro atoms. The van der Waals surface area contributed by atoms with E-state index in [1.165, 1.54) is 19.3 Å². The van der Waals surface area contributed by atoms with Crippen LogP contribution in [0.5, 0.6) is 0 Å². The zero-order valence-corrected chi connectivity index (χ0v) is 15.0. The molecule has 0 heterocycles. The van der Waals surface area contributed by atoms with Crippen molar-refractivity contribution < 1.29 is 9.53 Å². The first-order chi connectivity index (χ1) is 11.6. The summed E-state index contributed by atoms with van der Waals surface area (Å²) in [6.45, 7) is 0.481. The lowest BCUT2D eigenvalue weighted by atomic mass is 9.65. The highest BCUT2D eigenvalue weighted by molar-refractivity contribution is 6.30. The number of hydrogen-bond donors (Lipinski definition) is 2. The number of rotatable bonds is 5. The van der Waals surface area contributed by atoms with Gasteiger partial charge in [-0.3, -0.25) is 4.79 Å². The predicted molar refractivity (Wildman–Crippen MR) is 95.7 cm³/mol. The number of amides is 1. The van der Waals surface area contributed by atoms with E-state index in [-0.39, 0.29) is 17.9 Å². The van der Waals surface area contributed by atoms with Gasteiger partial charge >= 0.3 is 0 Å². The highest BCUT2D eigenvalue weighted by atomic mass is 35.5. The molecule has 0 radical (unpaired) electrons. The van der Waals surface area contributed by atoms with Gasteiger partial charge in [-0.2, -0.15) is 0 Å². The first-order valence-corrected chi connectivity index (χ1v) is 9.28. The fraction of sp³-hybridized carbons (Fsp3) is 0.632. The van der Waals surface area contributed by atoms with E-state index < -0.39 is 0 Å². The largest absolute Gasteiger partial charge is 0.375 e. The molecule has 0 aliphatic heterocycles. The van der Waals surface area contributed by atoms with Crippen LogP contribution in [0, 0.1) is 17.8 Å². The minimum Gasteiger partial charge on any atom is -0.375 e. The second-order valence-corrected chi connectivity index (χ2v) is 7.65. The predicted octanol–water partition coefficient (Wildman–Crippen LogP) is 3.30. The normalized spacial score (nSPS) is 30.6. The van der Waals surface area contributed by atoms with Gasteiger partial charge < -0.3 is 15.8 Å². The lowest BCUT2D eigenvalue weighted by Crippen LogP contribution is -2.49. The maximum Gasteiger partial charge on any atom is 0.223 e. The van der Waals surface area contributed by atoms with Crippen molar-refractivity contribution in [2.24, 2.45) is 23.5 Å². The lowest BCUT2D eigenvalue weighted by molar-refractivity contribution is -0.128. The van der Waals surface area contributed by atoms with Crippen molar-refractivity contribution in [2.75, 3.05) is 13.7 Å². The zero-order valence-electron chi connectivity index (χ0n) is 14.2. The molecule has 5 heteroatoms. The SMILES string of the molecule is COC(CNC(=O)C1CC2CCCC(C1)C2N)c1ccc(Cl)cc1. The van der Waals surface area contributed by atoms with Gasteiger partial charge in [-0.15, -0.1) is 0 Å². The van der Waals surface area contributed by atoms with Crippen LogP contribution in [0.25, 0.3) is 0 Å². The van der Waals surface area contributed by atoms with E-state index in [1.54, 1.807) is 7.11 Å². The molecule has 2 aliphatic carbocycles. The van der Waals surface area contributed by atoms with Gasteiger partial charge in [0.25, 0.3) is 0 Å². The number of ether oxygens (including phenoxy) is 1. The molecule has 132 valence electrons. The van der Waals surface area contributed by atoms with Crippen LogP contribution in [-0.4, -0.2) is 25.6 Å². The number of carbonyl (C=O) groups is 1. The van der Waals surface area contributed by atoms with Gasteiger partial charge in [-0.05, 0) is 55.2 Å². The molecular weight excluding hydrogens is 324 g/mol. The van der Waals surface area contributed by atoms with Gasteiger partial charge in [0.15, 0.2) is 0 Å². The maximum absolute atomic E-state index is 12.6. The molecule has 24 heavy (non-hydrogen) atoms. The number of nitrogens with one attached hydrogen (secondary N) is 1. The molecule has 1 aromatic rings. The Bertz CT molecular complexity index is 549. The van der Waals surface area contributed by atoms with Gasteiger partial charge in [0, 0.05) is 30.6 Å². The minimum atomic E-state index is -0.156. The van der Waals surface area contributed by atoms with Crippen LogP contribution in [-0.2, 0) is 9.53 Å². The summed E-state index contributed by atoms with van der Waals surface area (Å²) < 4.78 is 5.53. The second-order valence-electron chi connectivity index (χ2n) is 7.22. The molecule has 3 N–H and O–H groups in total. The standard InChI is InChI=1S/C19H27ClN2O2/c1-24-17(12-5-7-16(20)8-6-12)11-22-19(23)15-9-13-3-2-4-14(10-15)18(13)21/h5-8,13-15,17-18H,2-4,9-11,21H2,1H3,(H,22,23). The average molecular weight is 351 g/mol. The van der Waals surface area contributed by atoms with Crippen molar-refractivity contribution in [1.82, 2.24) is 5.32 Å². The molecule has 0 saturated heterocycles. The highest BCUT2D eigenvalue weighted by Crippen LogP contribution is 2.41. The summed E-state index contributed by atoms with van der Waals surface area (Å²) in [6, 6.07) is 7.85. The summed E-state index contributed by atoms with van der Waals surface area (Å²) in [5.41, 5.74) is 7.33. The van der Waals surface area contributed by atoms with E-state index in [0.717, 1.165) is 18.4 Å². The molecule has 2 saturated carbocycles. The van der Waals surface area contributed by atoms with Crippen molar-refractivity contribution in [2.45, 2.75) is 44.2 Å². The Morgan fingerprint density at radius 1 is 1.29 bits per heavy atom. The Hall–Kier alpha value is -1.10. The molecule has 3 unspecified atom stereocenters. The Labute approximate surface area is 149 Å². The molecule has 3 atom stereocenters. The molecule has 1 aromatic carbocycles. The Balaban J connectivity index is 1.55. The molecule has 4 nitrogen and oxygen atoms in total. The molecule has 3 rings (SSSR count). The first-order valence-electron chi connectivity index (χ1n) is 8.90. The van der Waals surface area contributed by atoms with Gasteiger partial charge in [0.2, 0.25) is 5.91 Å². The van der Waals surface area contributed by atoms with Crippen LogP contribution in [0.4, 0.5) is 0 Å². The summed E-state index contributed by atoms with van der Waals surface area (Å²) in [4.78, 5) is 12.6. The molecule has 2 bridgehead atoms. The molecular formula is C19H27ClN2O2. The van der Waals surface area contributed by atoms with Crippen LogP contribution < -0.4 is 11.1 Å². The van der Waals surface area contributed by atoms with E-state index in [1.807, 2.05) is 24.3 Å². The maximum atomic E-state index is 12.6. The summed E-state index contributed by atoms with van der Waals surface area (Å²) in [5, 5.41) is 3.78.